The van der Waals surface area contributed by atoms with Crippen LogP contribution < -0.4 is 10.6 Å². The van der Waals surface area contributed by atoms with Crippen molar-refractivity contribution in [1.82, 2.24) is 9.97 Å². The zero-order valence-corrected chi connectivity index (χ0v) is 13.1. The summed E-state index contributed by atoms with van der Waals surface area (Å²) in [5.41, 5.74) is 8.13. The number of nitrogens with two attached hydrogens (primary N) is 1. The molecule has 4 heteroatoms. The second-order valence-electron chi connectivity index (χ2n) is 6.98. The molecule has 0 radical (unpaired) electrons. The van der Waals surface area contributed by atoms with Crippen molar-refractivity contribution in [3.05, 3.63) is 24.5 Å². The van der Waals surface area contributed by atoms with E-state index < -0.39 is 0 Å². The zero-order chi connectivity index (χ0) is 15.0. The van der Waals surface area contributed by atoms with E-state index in [9.17, 15) is 0 Å². The summed E-state index contributed by atoms with van der Waals surface area (Å²) in [5, 5.41) is 1.05. The van der Waals surface area contributed by atoms with Crippen molar-refractivity contribution in [3.63, 3.8) is 0 Å². The van der Waals surface area contributed by atoms with Gasteiger partial charge in [-0.15, -0.1) is 0 Å². The summed E-state index contributed by atoms with van der Waals surface area (Å²) in [7, 11) is 2.15. The van der Waals surface area contributed by atoms with Crippen LogP contribution in [0.25, 0.3) is 10.9 Å². The van der Waals surface area contributed by atoms with Gasteiger partial charge in [0.15, 0.2) is 0 Å². The number of hydrogen-bond donors (Lipinski definition) is 1. The Labute approximate surface area is 126 Å². The fourth-order valence-electron chi connectivity index (χ4n) is 3.29. The molecule has 0 spiro atoms. The number of aromatic nitrogens is 2. The van der Waals surface area contributed by atoms with Crippen LogP contribution in [0.2, 0.25) is 0 Å². The van der Waals surface area contributed by atoms with E-state index in [1.807, 2.05) is 18.2 Å². The molecule has 1 aliphatic carbocycles. The lowest BCUT2D eigenvalue weighted by Gasteiger charge is -2.39. The fourth-order valence-corrected chi connectivity index (χ4v) is 3.29. The van der Waals surface area contributed by atoms with E-state index in [0.717, 1.165) is 22.4 Å². The molecular formula is C17H24N4. The molecule has 1 aromatic carbocycles. The summed E-state index contributed by atoms with van der Waals surface area (Å²) in [5.74, 6) is 0.997. The molecule has 112 valence electrons. The molecule has 0 bridgehead atoms. The average Bonchev–Trinajstić information content (AvgIpc) is 2.46. The number of fused-ring (bicyclic) bond motifs is 1. The molecule has 1 saturated carbocycles. The molecule has 2 N–H and O–H groups in total. The smallest absolute Gasteiger partial charge is 0.139 e. The van der Waals surface area contributed by atoms with Gasteiger partial charge in [0.1, 0.15) is 12.1 Å². The lowest BCUT2D eigenvalue weighted by molar-refractivity contribution is 0.222. The molecule has 1 aromatic heterocycles. The van der Waals surface area contributed by atoms with Crippen molar-refractivity contribution < 1.29 is 0 Å². The van der Waals surface area contributed by atoms with Gasteiger partial charge in [0.05, 0.1) is 5.52 Å². The zero-order valence-electron chi connectivity index (χ0n) is 13.1. The molecule has 1 fully saturated rings. The molecule has 0 saturated heterocycles. The van der Waals surface area contributed by atoms with Crippen molar-refractivity contribution in [2.75, 3.05) is 17.7 Å². The third-order valence-corrected chi connectivity index (χ3v) is 4.83. The largest absolute Gasteiger partial charge is 0.399 e. The van der Waals surface area contributed by atoms with Gasteiger partial charge in [-0.05, 0) is 49.3 Å². The first-order valence-corrected chi connectivity index (χ1v) is 7.69. The molecule has 0 aliphatic heterocycles. The quantitative estimate of drug-likeness (QED) is 0.856. The normalized spacial score (nSPS) is 18.8. The predicted octanol–water partition coefficient (Wildman–Crippen LogP) is 3.62. The third kappa shape index (κ3) is 2.80. The maximum absolute atomic E-state index is 5.93. The van der Waals surface area contributed by atoms with Crippen molar-refractivity contribution in [2.45, 2.75) is 45.6 Å². The number of benzene rings is 1. The lowest BCUT2D eigenvalue weighted by Crippen LogP contribution is -2.37. The van der Waals surface area contributed by atoms with Crippen molar-refractivity contribution in [2.24, 2.45) is 5.41 Å². The Morgan fingerprint density at radius 1 is 1.19 bits per heavy atom. The Morgan fingerprint density at radius 2 is 1.90 bits per heavy atom. The van der Waals surface area contributed by atoms with Crippen LogP contribution in [0.15, 0.2) is 24.5 Å². The predicted molar refractivity (Wildman–Crippen MR) is 88.4 cm³/mol. The summed E-state index contributed by atoms with van der Waals surface area (Å²) >= 11 is 0. The van der Waals surface area contributed by atoms with Gasteiger partial charge >= 0.3 is 0 Å². The van der Waals surface area contributed by atoms with Crippen molar-refractivity contribution in [1.29, 1.82) is 0 Å². The third-order valence-electron chi connectivity index (χ3n) is 4.83. The molecular weight excluding hydrogens is 260 g/mol. The highest BCUT2D eigenvalue weighted by Gasteiger charge is 2.29. The van der Waals surface area contributed by atoms with Crippen LogP contribution in [-0.2, 0) is 0 Å². The lowest BCUT2D eigenvalue weighted by atomic mass is 9.75. The summed E-state index contributed by atoms with van der Waals surface area (Å²) in [4.78, 5) is 11.2. The molecule has 21 heavy (non-hydrogen) atoms. The van der Waals surface area contributed by atoms with Crippen molar-refractivity contribution in [3.8, 4) is 0 Å². The summed E-state index contributed by atoms with van der Waals surface area (Å²) in [6, 6.07) is 6.39. The first-order valence-electron chi connectivity index (χ1n) is 7.69. The van der Waals surface area contributed by atoms with E-state index >= 15 is 0 Å². The van der Waals surface area contributed by atoms with Gasteiger partial charge in [0.25, 0.3) is 0 Å². The van der Waals surface area contributed by atoms with E-state index in [2.05, 4.69) is 35.8 Å². The topological polar surface area (TPSA) is 55.0 Å². The SMILES string of the molecule is CN(c1ncnc2ccc(N)cc12)C1CCC(C)(C)CC1. The van der Waals surface area contributed by atoms with E-state index in [1.165, 1.54) is 25.7 Å². The van der Waals surface area contributed by atoms with Crippen LogP contribution in [0.3, 0.4) is 0 Å². The van der Waals surface area contributed by atoms with E-state index in [-0.39, 0.29) is 0 Å². The van der Waals surface area contributed by atoms with Crippen LogP contribution in [-0.4, -0.2) is 23.1 Å². The van der Waals surface area contributed by atoms with Gasteiger partial charge in [0.2, 0.25) is 0 Å². The highest BCUT2D eigenvalue weighted by molar-refractivity contribution is 5.91. The van der Waals surface area contributed by atoms with Gasteiger partial charge in [0, 0.05) is 24.2 Å². The van der Waals surface area contributed by atoms with Gasteiger partial charge in [-0.25, -0.2) is 9.97 Å². The molecule has 1 aliphatic rings. The Hall–Kier alpha value is -1.84. The second-order valence-corrected chi connectivity index (χ2v) is 6.98. The molecule has 4 nitrogen and oxygen atoms in total. The molecule has 0 amide bonds. The fraction of sp³-hybridized carbons (Fsp3) is 0.529. The number of nitrogens with zero attached hydrogens (tertiary/aromatic N) is 3. The van der Waals surface area contributed by atoms with Crippen LogP contribution in [0, 0.1) is 5.41 Å². The highest BCUT2D eigenvalue weighted by atomic mass is 15.2. The van der Waals surface area contributed by atoms with Crippen LogP contribution in [0.1, 0.15) is 39.5 Å². The first-order chi connectivity index (χ1) is 9.96. The first kappa shape index (κ1) is 14.1. The Bertz CT molecular complexity index is 640. The maximum atomic E-state index is 5.93. The van der Waals surface area contributed by atoms with E-state index in [4.69, 9.17) is 5.73 Å². The molecule has 1 heterocycles. The highest BCUT2D eigenvalue weighted by Crippen LogP contribution is 2.38. The van der Waals surface area contributed by atoms with E-state index in [0.29, 0.717) is 11.5 Å². The van der Waals surface area contributed by atoms with Crippen LogP contribution in [0.4, 0.5) is 11.5 Å². The monoisotopic (exact) mass is 284 g/mol. The van der Waals surface area contributed by atoms with Crippen LogP contribution in [0.5, 0.6) is 0 Å². The summed E-state index contributed by atoms with van der Waals surface area (Å²) in [6.45, 7) is 4.73. The standard InChI is InChI=1S/C17H24N4/c1-17(2)8-6-13(7-9-17)21(3)16-14-10-12(18)4-5-15(14)19-11-20-16/h4-5,10-11,13H,6-9,18H2,1-3H3. The number of anilines is 2. The number of hydrogen-bond acceptors (Lipinski definition) is 4. The van der Waals surface area contributed by atoms with Gasteiger partial charge in [-0.2, -0.15) is 0 Å². The molecule has 3 rings (SSSR count). The Morgan fingerprint density at radius 3 is 2.62 bits per heavy atom. The minimum Gasteiger partial charge on any atom is -0.399 e. The van der Waals surface area contributed by atoms with Gasteiger partial charge < -0.3 is 10.6 Å². The van der Waals surface area contributed by atoms with Gasteiger partial charge in [-0.3, -0.25) is 0 Å². The summed E-state index contributed by atoms with van der Waals surface area (Å²) in [6.07, 6.45) is 6.63. The molecule has 0 atom stereocenters. The molecule has 0 unspecified atom stereocenters. The maximum Gasteiger partial charge on any atom is 0.139 e. The van der Waals surface area contributed by atoms with Crippen molar-refractivity contribution >= 4 is 22.4 Å². The minimum atomic E-state index is 0.482. The van der Waals surface area contributed by atoms with Crippen LogP contribution >= 0.6 is 0 Å². The summed E-state index contributed by atoms with van der Waals surface area (Å²) < 4.78 is 0. The van der Waals surface area contributed by atoms with Gasteiger partial charge in [-0.1, -0.05) is 13.8 Å². The Balaban J connectivity index is 1.91. The number of nitrogen functional groups attached to an aromatic ring is 1. The molecule has 2 aromatic rings. The van der Waals surface area contributed by atoms with E-state index in [1.54, 1.807) is 6.33 Å². The number of rotatable bonds is 2. The minimum absolute atomic E-state index is 0.482. The average molecular weight is 284 g/mol. The Kier molecular flexibility index (Phi) is 3.47. The second kappa shape index (κ2) is 5.17.